The molecule has 0 aliphatic rings. The Labute approximate surface area is 88.1 Å². The normalized spacial score (nSPS) is 10.5. The summed E-state index contributed by atoms with van der Waals surface area (Å²) in [5.41, 5.74) is 1.86. The minimum atomic E-state index is 0.707. The van der Waals surface area contributed by atoms with Crippen LogP contribution in [0.4, 0.5) is 0 Å². The Morgan fingerprint density at radius 2 is 2.33 bits per heavy atom. The maximum atomic E-state index is 10.7. The first-order valence-corrected chi connectivity index (χ1v) is 4.89. The predicted molar refractivity (Wildman–Crippen MR) is 56.8 cm³/mol. The predicted octanol–water partition coefficient (Wildman–Crippen LogP) is 1.51. The van der Waals surface area contributed by atoms with Crippen molar-refractivity contribution in [3.8, 4) is 0 Å². The summed E-state index contributed by atoms with van der Waals surface area (Å²) in [6.45, 7) is 3.56. The van der Waals surface area contributed by atoms with Gasteiger partial charge in [-0.2, -0.15) is 5.10 Å². The molecular weight excluding hydrogens is 190 g/mol. The van der Waals surface area contributed by atoms with Crippen LogP contribution in [0, 0.1) is 6.92 Å². The van der Waals surface area contributed by atoms with E-state index in [9.17, 15) is 4.79 Å². The van der Waals surface area contributed by atoms with Crippen LogP contribution in [0.1, 0.15) is 16.1 Å². The summed E-state index contributed by atoms with van der Waals surface area (Å²) in [4.78, 5) is 10.7. The number of nitrogens with zero attached hydrogens (tertiary/aromatic N) is 3. The van der Waals surface area contributed by atoms with E-state index >= 15 is 0 Å². The molecule has 0 fully saturated rings. The summed E-state index contributed by atoms with van der Waals surface area (Å²) in [6.07, 6.45) is 6.59. The van der Waals surface area contributed by atoms with E-state index in [-0.39, 0.29) is 0 Å². The van der Waals surface area contributed by atoms with E-state index in [1.807, 2.05) is 40.8 Å². The van der Waals surface area contributed by atoms with Gasteiger partial charge < -0.3 is 4.57 Å². The minimum Gasteiger partial charge on any atom is -0.343 e. The fourth-order valence-corrected chi connectivity index (χ4v) is 1.54. The number of aldehydes is 1. The molecule has 0 aliphatic heterocycles. The zero-order valence-electron chi connectivity index (χ0n) is 8.63. The van der Waals surface area contributed by atoms with Gasteiger partial charge in [0, 0.05) is 18.9 Å². The van der Waals surface area contributed by atoms with Crippen molar-refractivity contribution in [3.63, 3.8) is 0 Å². The summed E-state index contributed by atoms with van der Waals surface area (Å²) in [6, 6.07) is 3.68. The quantitative estimate of drug-likeness (QED) is 0.706. The Morgan fingerprint density at radius 1 is 1.47 bits per heavy atom. The van der Waals surface area contributed by atoms with Crippen LogP contribution >= 0.6 is 0 Å². The fourth-order valence-electron chi connectivity index (χ4n) is 1.54. The smallest absolute Gasteiger partial charge is 0.166 e. The molecule has 2 rings (SSSR count). The van der Waals surface area contributed by atoms with E-state index in [1.165, 1.54) is 0 Å². The van der Waals surface area contributed by atoms with Crippen LogP contribution in [-0.2, 0) is 13.1 Å². The average Bonchev–Trinajstić information content (AvgIpc) is 2.83. The van der Waals surface area contributed by atoms with E-state index in [2.05, 4.69) is 5.10 Å². The van der Waals surface area contributed by atoms with Crippen LogP contribution in [0.2, 0.25) is 0 Å². The molecule has 2 aromatic rings. The molecule has 0 radical (unpaired) electrons. The summed E-state index contributed by atoms with van der Waals surface area (Å²) >= 11 is 0. The van der Waals surface area contributed by atoms with Gasteiger partial charge >= 0.3 is 0 Å². The van der Waals surface area contributed by atoms with Gasteiger partial charge in [0.1, 0.15) is 0 Å². The van der Waals surface area contributed by atoms with Gasteiger partial charge in [0.15, 0.2) is 6.29 Å². The molecule has 0 amide bonds. The monoisotopic (exact) mass is 203 g/mol. The zero-order valence-corrected chi connectivity index (χ0v) is 8.63. The molecule has 0 aliphatic carbocycles. The molecule has 4 nitrogen and oxygen atoms in total. The Hall–Kier alpha value is -1.84. The van der Waals surface area contributed by atoms with Crippen molar-refractivity contribution in [2.75, 3.05) is 0 Å². The first kappa shape index (κ1) is 9.71. The number of carbonyl (C=O) groups is 1. The first-order valence-electron chi connectivity index (χ1n) is 4.89. The number of rotatable bonds is 4. The van der Waals surface area contributed by atoms with E-state index in [0.29, 0.717) is 5.69 Å². The van der Waals surface area contributed by atoms with Crippen molar-refractivity contribution < 1.29 is 4.79 Å². The van der Waals surface area contributed by atoms with Gasteiger partial charge in [0.2, 0.25) is 0 Å². The lowest BCUT2D eigenvalue weighted by Gasteiger charge is -2.05. The molecule has 4 heteroatoms. The molecule has 0 saturated carbocycles. The lowest BCUT2D eigenvalue weighted by atomic mass is 10.4. The molecule has 0 saturated heterocycles. The first-order chi connectivity index (χ1) is 7.29. The van der Waals surface area contributed by atoms with Crippen molar-refractivity contribution in [3.05, 3.63) is 42.0 Å². The van der Waals surface area contributed by atoms with Crippen LogP contribution in [0.25, 0.3) is 0 Å². The van der Waals surface area contributed by atoms with Crippen molar-refractivity contribution in [2.24, 2.45) is 0 Å². The Morgan fingerprint density at radius 3 is 3.00 bits per heavy atom. The summed E-state index contributed by atoms with van der Waals surface area (Å²) in [5.74, 6) is 0. The van der Waals surface area contributed by atoms with Gasteiger partial charge in [0.05, 0.1) is 18.4 Å². The SMILES string of the molecule is Cc1cnn(CCn2cccc2C=O)c1. The molecule has 0 N–H and O–H groups in total. The van der Waals surface area contributed by atoms with E-state index in [1.54, 1.807) is 6.07 Å². The van der Waals surface area contributed by atoms with Crippen LogP contribution in [-0.4, -0.2) is 20.6 Å². The van der Waals surface area contributed by atoms with E-state index in [0.717, 1.165) is 24.9 Å². The minimum absolute atomic E-state index is 0.707. The Balaban J connectivity index is 2.01. The Bertz CT molecular complexity index is 456. The van der Waals surface area contributed by atoms with Crippen molar-refractivity contribution in [1.82, 2.24) is 14.3 Å². The maximum Gasteiger partial charge on any atom is 0.166 e. The molecule has 2 heterocycles. The highest BCUT2D eigenvalue weighted by Crippen LogP contribution is 2.01. The molecule has 15 heavy (non-hydrogen) atoms. The zero-order chi connectivity index (χ0) is 10.7. The van der Waals surface area contributed by atoms with Crippen LogP contribution in [0.3, 0.4) is 0 Å². The van der Waals surface area contributed by atoms with Gasteiger partial charge in [0.25, 0.3) is 0 Å². The number of carbonyl (C=O) groups excluding carboxylic acids is 1. The number of hydrogen-bond donors (Lipinski definition) is 0. The van der Waals surface area contributed by atoms with Gasteiger partial charge in [-0.3, -0.25) is 9.48 Å². The fraction of sp³-hybridized carbons (Fsp3) is 0.273. The van der Waals surface area contributed by atoms with Crippen molar-refractivity contribution in [1.29, 1.82) is 0 Å². The third-order valence-electron chi connectivity index (χ3n) is 2.32. The topological polar surface area (TPSA) is 39.8 Å². The molecule has 78 valence electrons. The second-order valence-corrected chi connectivity index (χ2v) is 3.53. The molecule has 0 atom stereocenters. The highest BCUT2D eigenvalue weighted by Gasteiger charge is 1.99. The largest absolute Gasteiger partial charge is 0.343 e. The second kappa shape index (κ2) is 4.13. The highest BCUT2D eigenvalue weighted by molar-refractivity contribution is 5.72. The van der Waals surface area contributed by atoms with Gasteiger partial charge in [-0.25, -0.2) is 0 Å². The molecule has 2 aromatic heterocycles. The van der Waals surface area contributed by atoms with Crippen molar-refractivity contribution in [2.45, 2.75) is 20.0 Å². The van der Waals surface area contributed by atoms with Crippen LogP contribution in [0.5, 0.6) is 0 Å². The van der Waals surface area contributed by atoms with E-state index in [4.69, 9.17) is 0 Å². The van der Waals surface area contributed by atoms with Crippen LogP contribution in [0.15, 0.2) is 30.7 Å². The molecule has 0 spiro atoms. The number of hydrogen-bond acceptors (Lipinski definition) is 2. The van der Waals surface area contributed by atoms with Gasteiger partial charge in [-0.15, -0.1) is 0 Å². The Kier molecular flexibility index (Phi) is 2.67. The van der Waals surface area contributed by atoms with Crippen LogP contribution < -0.4 is 0 Å². The molecular formula is C11H13N3O. The second-order valence-electron chi connectivity index (χ2n) is 3.53. The summed E-state index contributed by atoms with van der Waals surface area (Å²) in [5, 5.41) is 4.19. The molecule has 0 bridgehead atoms. The highest BCUT2D eigenvalue weighted by atomic mass is 16.1. The molecule has 0 aromatic carbocycles. The van der Waals surface area contributed by atoms with Crippen molar-refractivity contribution >= 4 is 6.29 Å². The third-order valence-corrected chi connectivity index (χ3v) is 2.32. The number of aryl methyl sites for hydroxylation is 3. The summed E-state index contributed by atoms with van der Waals surface area (Å²) in [7, 11) is 0. The van der Waals surface area contributed by atoms with E-state index < -0.39 is 0 Å². The molecule has 0 unspecified atom stereocenters. The maximum absolute atomic E-state index is 10.7. The van der Waals surface area contributed by atoms with Gasteiger partial charge in [-0.1, -0.05) is 0 Å². The van der Waals surface area contributed by atoms with Gasteiger partial charge in [-0.05, 0) is 24.6 Å². The lowest BCUT2D eigenvalue weighted by Crippen LogP contribution is -2.08. The number of aromatic nitrogens is 3. The summed E-state index contributed by atoms with van der Waals surface area (Å²) < 4.78 is 3.80. The average molecular weight is 203 g/mol. The third kappa shape index (κ3) is 2.15. The lowest BCUT2D eigenvalue weighted by molar-refractivity contribution is 0.111. The standard InChI is InChI=1S/C11H13N3O/c1-10-7-12-14(8-10)6-5-13-4-2-3-11(13)9-15/h2-4,7-9H,5-6H2,1H3.